The van der Waals surface area contributed by atoms with Crippen LogP contribution in [0.1, 0.15) is 26.3 Å². The van der Waals surface area contributed by atoms with Crippen LogP contribution in [0.15, 0.2) is 27.7 Å². The van der Waals surface area contributed by atoms with Gasteiger partial charge in [0.15, 0.2) is 0 Å². The quantitative estimate of drug-likeness (QED) is 0.361. The van der Waals surface area contributed by atoms with Crippen LogP contribution in [0.3, 0.4) is 0 Å². The molecular weight excluding hydrogens is 273 g/mol. The average molecular weight is 288 g/mol. The molecule has 3 N–H and O–H groups in total. The molecule has 88 valence electrons. The lowest BCUT2D eigenvalue weighted by atomic mass is 10.1. The monoisotopic (exact) mass is 287 g/mol. The number of hydrazine groups is 1. The molecule has 0 aliphatic rings. The van der Waals surface area contributed by atoms with Crippen LogP contribution in [-0.2, 0) is 0 Å². The predicted molar refractivity (Wildman–Crippen MR) is 67.7 cm³/mol. The zero-order valence-electron chi connectivity index (χ0n) is 9.51. The van der Waals surface area contributed by atoms with Gasteiger partial charge in [-0.25, -0.2) is 10.2 Å². The Morgan fingerprint density at radius 1 is 1.44 bits per heavy atom. The van der Waals surface area contributed by atoms with Crippen LogP contribution >= 0.6 is 15.9 Å². The third-order valence-corrected chi connectivity index (χ3v) is 2.26. The molecule has 5 heteroatoms. The number of hydrogen-bond acceptors (Lipinski definition) is 2. The van der Waals surface area contributed by atoms with Crippen LogP contribution in [0.2, 0.25) is 0 Å². The first-order chi connectivity index (χ1) is 7.33. The third-order valence-electron chi connectivity index (χ3n) is 1.77. The lowest BCUT2D eigenvalue weighted by Gasteiger charge is -2.16. The van der Waals surface area contributed by atoms with Crippen LogP contribution in [0, 0.1) is 5.82 Å². The molecule has 16 heavy (non-hydrogen) atoms. The standard InChI is InChI=1S/C11H15BrFN3/c1-11(2,3)15-10(16-14)8-5-4-7(12)6-9(8)13/h4-6H,14H2,1-3H3,(H,15,16). The highest BCUT2D eigenvalue weighted by atomic mass is 79.9. The molecule has 0 aliphatic carbocycles. The molecule has 1 aromatic rings. The van der Waals surface area contributed by atoms with Crippen LogP contribution in [0.4, 0.5) is 4.39 Å². The molecule has 0 amide bonds. The summed E-state index contributed by atoms with van der Waals surface area (Å²) in [5.41, 5.74) is 2.47. The summed E-state index contributed by atoms with van der Waals surface area (Å²) in [6.07, 6.45) is 0. The maximum atomic E-state index is 13.7. The summed E-state index contributed by atoms with van der Waals surface area (Å²) < 4.78 is 14.3. The summed E-state index contributed by atoms with van der Waals surface area (Å²) in [5, 5.41) is 0. The lowest BCUT2D eigenvalue weighted by Crippen LogP contribution is -2.34. The molecule has 1 rings (SSSR count). The molecule has 0 saturated heterocycles. The molecule has 0 fully saturated rings. The molecule has 0 spiro atoms. The van der Waals surface area contributed by atoms with E-state index in [9.17, 15) is 4.39 Å². The van der Waals surface area contributed by atoms with E-state index in [4.69, 9.17) is 5.84 Å². The maximum absolute atomic E-state index is 13.7. The van der Waals surface area contributed by atoms with Crippen molar-refractivity contribution in [2.24, 2.45) is 10.8 Å². The van der Waals surface area contributed by atoms with E-state index in [0.717, 1.165) is 0 Å². The lowest BCUT2D eigenvalue weighted by molar-refractivity contribution is 0.577. The number of aliphatic imine (C=N–C) groups is 1. The normalized spacial score (nSPS) is 12.8. The largest absolute Gasteiger partial charge is 0.308 e. The highest BCUT2D eigenvalue weighted by Gasteiger charge is 2.14. The summed E-state index contributed by atoms with van der Waals surface area (Å²) in [4.78, 5) is 4.31. The summed E-state index contributed by atoms with van der Waals surface area (Å²) in [5.74, 6) is 5.34. The smallest absolute Gasteiger partial charge is 0.146 e. The molecule has 0 atom stereocenters. The van der Waals surface area contributed by atoms with E-state index < -0.39 is 0 Å². The number of nitrogens with one attached hydrogen (secondary N) is 1. The maximum Gasteiger partial charge on any atom is 0.146 e. The molecule has 0 radical (unpaired) electrons. The van der Waals surface area contributed by atoms with Crippen molar-refractivity contribution < 1.29 is 4.39 Å². The van der Waals surface area contributed by atoms with Crippen molar-refractivity contribution in [3.63, 3.8) is 0 Å². The van der Waals surface area contributed by atoms with Crippen molar-refractivity contribution in [2.75, 3.05) is 0 Å². The van der Waals surface area contributed by atoms with Gasteiger partial charge in [0.05, 0.1) is 11.1 Å². The van der Waals surface area contributed by atoms with Crippen molar-refractivity contribution in [2.45, 2.75) is 26.3 Å². The highest BCUT2D eigenvalue weighted by Crippen LogP contribution is 2.17. The summed E-state index contributed by atoms with van der Waals surface area (Å²) in [6, 6.07) is 4.75. The second-order valence-electron chi connectivity index (χ2n) is 4.40. The van der Waals surface area contributed by atoms with Gasteiger partial charge in [-0.15, -0.1) is 0 Å². The first-order valence-electron chi connectivity index (χ1n) is 4.85. The molecule has 0 heterocycles. The Bertz CT molecular complexity index is 410. The highest BCUT2D eigenvalue weighted by molar-refractivity contribution is 9.10. The molecule has 3 nitrogen and oxygen atoms in total. The third kappa shape index (κ3) is 3.57. The number of hydrogen-bond donors (Lipinski definition) is 2. The number of amidine groups is 1. The molecule has 0 saturated carbocycles. The second kappa shape index (κ2) is 4.93. The fourth-order valence-corrected chi connectivity index (χ4v) is 1.52. The zero-order chi connectivity index (χ0) is 12.3. The van der Waals surface area contributed by atoms with Crippen molar-refractivity contribution >= 4 is 21.8 Å². The first-order valence-corrected chi connectivity index (χ1v) is 5.64. The van der Waals surface area contributed by atoms with E-state index in [1.54, 1.807) is 12.1 Å². The van der Waals surface area contributed by atoms with Gasteiger partial charge >= 0.3 is 0 Å². The van der Waals surface area contributed by atoms with Crippen LogP contribution in [0.5, 0.6) is 0 Å². The van der Waals surface area contributed by atoms with Crippen molar-refractivity contribution in [1.29, 1.82) is 0 Å². The molecular formula is C11H15BrFN3. The van der Waals surface area contributed by atoms with Gasteiger partial charge in [-0.2, -0.15) is 0 Å². The van der Waals surface area contributed by atoms with Crippen molar-refractivity contribution in [3.05, 3.63) is 34.1 Å². The Labute approximate surface area is 103 Å². The molecule has 0 aromatic heterocycles. The second-order valence-corrected chi connectivity index (χ2v) is 5.32. The van der Waals surface area contributed by atoms with Crippen molar-refractivity contribution in [1.82, 2.24) is 5.43 Å². The van der Waals surface area contributed by atoms with E-state index in [2.05, 4.69) is 26.3 Å². The van der Waals surface area contributed by atoms with Crippen molar-refractivity contribution in [3.8, 4) is 0 Å². The minimum atomic E-state index is -0.365. The van der Waals surface area contributed by atoms with Gasteiger partial charge < -0.3 is 5.43 Å². The van der Waals surface area contributed by atoms with Crippen LogP contribution < -0.4 is 11.3 Å². The topological polar surface area (TPSA) is 50.4 Å². The van der Waals surface area contributed by atoms with Crippen LogP contribution in [0.25, 0.3) is 0 Å². The van der Waals surface area contributed by atoms with Gasteiger partial charge in [-0.05, 0) is 39.0 Å². The number of nitrogens with two attached hydrogens (primary N) is 1. The van der Waals surface area contributed by atoms with E-state index in [0.29, 0.717) is 15.9 Å². The van der Waals surface area contributed by atoms with Gasteiger partial charge in [-0.1, -0.05) is 15.9 Å². The molecule has 0 bridgehead atoms. The molecule has 0 aliphatic heterocycles. The van der Waals surface area contributed by atoms with E-state index in [1.165, 1.54) is 6.07 Å². The predicted octanol–water partition coefficient (Wildman–Crippen LogP) is 2.60. The Hall–Kier alpha value is -0.940. The van der Waals surface area contributed by atoms with Gasteiger partial charge in [0.2, 0.25) is 0 Å². The Morgan fingerprint density at radius 2 is 2.06 bits per heavy atom. The number of rotatable bonds is 1. The minimum absolute atomic E-state index is 0.318. The van der Waals surface area contributed by atoms with Crippen LogP contribution in [-0.4, -0.2) is 11.4 Å². The average Bonchev–Trinajstić information content (AvgIpc) is 2.13. The van der Waals surface area contributed by atoms with Gasteiger partial charge in [0, 0.05) is 4.47 Å². The zero-order valence-corrected chi connectivity index (χ0v) is 11.1. The number of benzene rings is 1. The number of halogens is 2. The van der Waals surface area contributed by atoms with E-state index in [1.807, 2.05) is 20.8 Å². The van der Waals surface area contributed by atoms with Gasteiger partial charge in [-0.3, -0.25) is 4.99 Å². The van der Waals surface area contributed by atoms with Gasteiger partial charge in [0.1, 0.15) is 11.7 Å². The SMILES string of the molecule is CC(C)(C)N=C(NN)c1ccc(Br)cc1F. The molecule has 0 unspecified atom stereocenters. The summed E-state index contributed by atoms with van der Waals surface area (Å²) >= 11 is 3.20. The Kier molecular flexibility index (Phi) is 4.04. The molecule has 1 aromatic carbocycles. The fraction of sp³-hybridized carbons (Fsp3) is 0.364. The Balaban J connectivity index is 3.19. The Morgan fingerprint density at radius 3 is 2.50 bits per heavy atom. The summed E-state index contributed by atoms with van der Waals surface area (Å²) in [6.45, 7) is 5.75. The van der Waals surface area contributed by atoms with E-state index in [-0.39, 0.29) is 11.4 Å². The van der Waals surface area contributed by atoms with E-state index >= 15 is 0 Å². The first kappa shape index (κ1) is 13.1. The van der Waals surface area contributed by atoms with Gasteiger partial charge in [0.25, 0.3) is 0 Å². The minimum Gasteiger partial charge on any atom is -0.308 e. The fourth-order valence-electron chi connectivity index (χ4n) is 1.19. The number of nitrogens with zero attached hydrogens (tertiary/aromatic N) is 1. The summed E-state index contributed by atoms with van der Waals surface area (Å²) in [7, 11) is 0.